The number of hydrogen-bond donors (Lipinski definition) is 1. The molecule has 0 unspecified atom stereocenters. The minimum absolute atomic E-state index is 0.731. The fourth-order valence-corrected chi connectivity index (χ4v) is 2.06. The Labute approximate surface area is 83.5 Å². The standard InChI is InChI=1S/C12H14N2/c1-14-5-4-9-2-3-10(6-12(9)14)11-7-13-8-11/h2-6,11,13H,7-8H2,1H3. The second-order valence-corrected chi connectivity index (χ2v) is 4.10. The maximum atomic E-state index is 3.31. The van der Waals surface area contributed by atoms with Crippen molar-refractivity contribution in [2.75, 3.05) is 13.1 Å². The fourth-order valence-electron chi connectivity index (χ4n) is 2.06. The number of nitrogens with one attached hydrogen (secondary N) is 1. The molecule has 2 nitrogen and oxygen atoms in total. The van der Waals surface area contributed by atoms with Gasteiger partial charge >= 0.3 is 0 Å². The lowest BCUT2D eigenvalue weighted by Crippen LogP contribution is -2.39. The van der Waals surface area contributed by atoms with Crippen molar-refractivity contribution >= 4 is 10.9 Å². The zero-order valence-corrected chi connectivity index (χ0v) is 8.33. The van der Waals surface area contributed by atoms with E-state index in [0.717, 1.165) is 19.0 Å². The lowest BCUT2D eigenvalue weighted by atomic mass is 9.93. The van der Waals surface area contributed by atoms with Crippen LogP contribution in [0.25, 0.3) is 10.9 Å². The molecule has 0 radical (unpaired) electrons. The molecule has 0 spiro atoms. The molecule has 3 rings (SSSR count). The van der Waals surface area contributed by atoms with Gasteiger partial charge < -0.3 is 9.88 Å². The van der Waals surface area contributed by atoms with Gasteiger partial charge in [-0.05, 0) is 23.1 Å². The van der Waals surface area contributed by atoms with E-state index < -0.39 is 0 Å². The third-order valence-electron chi connectivity index (χ3n) is 3.17. The van der Waals surface area contributed by atoms with Crippen LogP contribution in [0.15, 0.2) is 30.5 Å². The van der Waals surface area contributed by atoms with Gasteiger partial charge in [-0.25, -0.2) is 0 Å². The van der Waals surface area contributed by atoms with E-state index in [1.807, 2.05) is 0 Å². The zero-order chi connectivity index (χ0) is 9.54. The van der Waals surface area contributed by atoms with E-state index in [2.05, 4.69) is 47.4 Å². The van der Waals surface area contributed by atoms with Gasteiger partial charge in [0.25, 0.3) is 0 Å². The first kappa shape index (κ1) is 8.06. The lowest BCUT2D eigenvalue weighted by molar-refractivity contribution is 0.448. The fraction of sp³-hybridized carbons (Fsp3) is 0.333. The molecule has 0 saturated carbocycles. The van der Waals surface area contributed by atoms with E-state index in [9.17, 15) is 0 Å². The van der Waals surface area contributed by atoms with Gasteiger partial charge in [-0.3, -0.25) is 0 Å². The topological polar surface area (TPSA) is 17.0 Å². The Morgan fingerprint density at radius 3 is 2.86 bits per heavy atom. The van der Waals surface area contributed by atoms with Crippen molar-refractivity contribution in [1.82, 2.24) is 9.88 Å². The number of rotatable bonds is 1. The number of nitrogens with zero attached hydrogens (tertiary/aromatic N) is 1. The second kappa shape index (κ2) is 2.85. The molecule has 2 heteroatoms. The normalized spacial score (nSPS) is 17.2. The smallest absolute Gasteiger partial charge is 0.0480 e. The molecule has 1 N–H and O–H groups in total. The predicted octanol–water partition coefficient (Wildman–Crippen LogP) is 1.87. The molecule has 0 atom stereocenters. The highest BCUT2D eigenvalue weighted by Gasteiger charge is 2.18. The zero-order valence-electron chi connectivity index (χ0n) is 8.33. The highest BCUT2D eigenvalue weighted by atomic mass is 14.9. The largest absolute Gasteiger partial charge is 0.351 e. The molecule has 1 aliphatic heterocycles. The van der Waals surface area contributed by atoms with Crippen molar-refractivity contribution < 1.29 is 0 Å². The summed E-state index contributed by atoms with van der Waals surface area (Å²) in [5.74, 6) is 0.731. The van der Waals surface area contributed by atoms with E-state index in [1.54, 1.807) is 0 Å². The molecule has 1 saturated heterocycles. The third-order valence-corrected chi connectivity index (χ3v) is 3.17. The monoisotopic (exact) mass is 186 g/mol. The quantitative estimate of drug-likeness (QED) is 0.719. The van der Waals surface area contributed by atoms with Crippen molar-refractivity contribution in [2.45, 2.75) is 5.92 Å². The number of aryl methyl sites for hydroxylation is 1. The van der Waals surface area contributed by atoms with E-state index >= 15 is 0 Å². The molecule has 0 aliphatic carbocycles. The first-order valence-corrected chi connectivity index (χ1v) is 5.10. The predicted molar refractivity (Wildman–Crippen MR) is 58.5 cm³/mol. The molecule has 72 valence electrons. The van der Waals surface area contributed by atoms with Crippen LogP contribution in [0.1, 0.15) is 11.5 Å². The van der Waals surface area contributed by atoms with E-state index in [1.165, 1.54) is 16.5 Å². The molecule has 0 bridgehead atoms. The van der Waals surface area contributed by atoms with Gasteiger partial charge in [0.1, 0.15) is 0 Å². The van der Waals surface area contributed by atoms with Crippen LogP contribution in [0.5, 0.6) is 0 Å². The highest BCUT2D eigenvalue weighted by molar-refractivity contribution is 5.80. The third kappa shape index (κ3) is 1.07. The van der Waals surface area contributed by atoms with Gasteiger partial charge in [0.05, 0.1) is 0 Å². The summed E-state index contributed by atoms with van der Waals surface area (Å²) in [6.07, 6.45) is 2.12. The average molecular weight is 186 g/mol. The van der Waals surface area contributed by atoms with Crippen LogP contribution >= 0.6 is 0 Å². The van der Waals surface area contributed by atoms with Gasteiger partial charge in [-0.1, -0.05) is 12.1 Å². The van der Waals surface area contributed by atoms with Crippen molar-refractivity contribution in [1.29, 1.82) is 0 Å². The Morgan fingerprint density at radius 2 is 2.14 bits per heavy atom. The molecular formula is C12H14N2. The number of benzene rings is 1. The van der Waals surface area contributed by atoms with Crippen molar-refractivity contribution in [3.63, 3.8) is 0 Å². The summed E-state index contributed by atoms with van der Waals surface area (Å²) in [6.45, 7) is 2.27. The first-order valence-electron chi connectivity index (χ1n) is 5.10. The molecule has 14 heavy (non-hydrogen) atoms. The Balaban J connectivity index is 2.13. The Bertz CT molecular complexity index is 466. The number of hydrogen-bond acceptors (Lipinski definition) is 1. The van der Waals surface area contributed by atoms with Crippen LogP contribution in [-0.4, -0.2) is 17.7 Å². The summed E-state index contributed by atoms with van der Waals surface area (Å²) in [5.41, 5.74) is 2.81. The van der Waals surface area contributed by atoms with Gasteiger partial charge in [0, 0.05) is 37.8 Å². The highest BCUT2D eigenvalue weighted by Crippen LogP contribution is 2.24. The van der Waals surface area contributed by atoms with Gasteiger partial charge in [0.2, 0.25) is 0 Å². The van der Waals surface area contributed by atoms with E-state index in [0.29, 0.717) is 0 Å². The molecule has 1 aliphatic rings. The van der Waals surface area contributed by atoms with Crippen LogP contribution in [-0.2, 0) is 7.05 Å². The summed E-state index contributed by atoms with van der Waals surface area (Å²) in [5, 5.41) is 4.65. The minimum Gasteiger partial charge on any atom is -0.351 e. The van der Waals surface area contributed by atoms with Gasteiger partial charge in [-0.2, -0.15) is 0 Å². The average Bonchev–Trinajstić information content (AvgIpc) is 2.45. The van der Waals surface area contributed by atoms with Crippen LogP contribution < -0.4 is 5.32 Å². The number of aromatic nitrogens is 1. The van der Waals surface area contributed by atoms with Crippen LogP contribution in [0.4, 0.5) is 0 Å². The van der Waals surface area contributed by atoms with Crippen LogP contribution in [0.3, 0.4) is 0 Å². The summed E-state index contributed by atoms with van der Waals surface area (Å²) in [7, 11) is 2.10. The van der Waals surface area contributed by atoms with Gasteiger partial charge in [0.15, 0.2) is 0 Å². The lowest BCUT2D eigenvalue weighted by Gasteiger charge is -2.27. The van der Waals surface area contributed by atoms with Crippen LogP contribution in [0, 0.1) is 0 Å². The van der Waals surface area contributed by atoms with Crippen molar-refractivity contribution in [2.24, 2.45) is 7.05 Å². The van der Waals surface area contributed by atoms with Crippen molar-refractivity contribution in [3.05, 3.63) is 36.0 Å². The molecule has 0 amide bonds. The summed E-state index contributed by atoms with van der Waals surface area (Å²) in [6, 6.07) is 8.97. The maximum Gasteiger partial charge on any atom is 0.0480 e. The summed E-state index contributed by atoms with van der Waals surface area (Å²) in [4.78, 5) is 0. The Kier molecular flexibility index (Phi) is 1.64. The minimum atomic E-state index is 0.731. The number of fused-ring (bicyclic) bond motifs is 1. The summed E-state index contributed by atoms with van der Waals surface area (Å²) < 4.78 is 2.19. The first-order chi connectivity index (χ1) is 6.84. The molecule has 1 aromatic carbocycles. The molecule has 2 heterocycles. The molecule has 2 aromatic rings. The maximum absolute atomic E-state index is 3.31. The van der Waals surface area contributed by atoms with E-state index in [-0.39, 0.29) is 0 Å². The molecule has 1 aromatic heterocycles. The Morgan fingerprint density at radius 1 is 1.29 bits per heavy atom. The van der Waals surface area contributed by atoms with Crippen LogP contribution in [0.2, 0.25) is 0 Å². The SMILES string of the molecule is Cn1ccc2ccc(C3CNC3)cc21. The van der Waals surface area contributed by atoms with Gasteiger partial charge in [-0.15, -0.1) is 0 Å². The van der Waals surface area contributed by atoms with Crippen molar-refractivity contribution in [3.8, 4) is 0 Å². The second-order valence-electron chi connectivity index (χ2n) is 4.10. The molecule has 1 fully saturated rings. The molecular weight excluding hydrogens is 172 g/mol. The Hall–Kier alpha value is -1.28. The summed E-state index contributed by atoms with van der Waals surface area (Å²) >= 11 is 0. The van der Waals surface area contributed by atoms with E-state index in [4.69, 9.17) is 0 Å².